The quantitative estimate of drug-likeness (QED) is 0.487. The molecule has 27 heavy (non-hydrogen) atoms. The Morgan fingerprint density at radius 2 is 2.04 bits per heavy atom. The third-order valence-electron chi connectivity index (χ3n) is 3.45. The number of carbonyl (C=O) groups excluding carboxylic acids is 3. The van der Waals surface area contributed by atoms with Crippen LogP contribution in [-0.2, 0) is 20.9 Å². The van der Waals surface area contributed by atoms with Crippen molar-refractivity contribution in [2.45, 2.75) is 13.5 Å². The molecule has 1 N–H and O–H groups in total. The maximum atomic E-state index is 12.0. The van der Waals surface area contributed by atoms with Gasteiger partial charge in [-0.1, -0.05) is 12.1 Å². The summed E-state index contributed by atoms with van der Waals surface area (Å²) in [4.78, 5) is 36.5. The monoisotopic (exact) mass is 385 g/mol. The Bertz CT molecular complexity index is 967. The third kappa shape index (κ3) is 4.82. The fourth-order valence-corrected chi connectivity index (χ4v) is 2.84. The summed E-state index contributed by atoms with van der Waals surface area (Å²) >= 11 is 1.50. The molecule has 10 heteroatoms. The number of Topliss-reactive ketones (excluding diaryl/α,β-unsaturated/α-hetero) is 1. The van der Waals surface area contributed by atoms with E-state index in [-0.39, 0.29) is 12.3 Å². The van der Waals surface area contributed by atoms with E-state index < -0.39 is 18.5 Å². The number of tetrazole rings is 1. The lowest BCUT2D eigenvalue weighted by Crippen LogP contribution is -2.24. The van der Waals surface area contributed by atoms with Gasteiger partial charge in [-0.25, -0.2) is 4.79 Å². The number of nitrogens with one attached hydrogen (secondary N) is 1. The summed E-state index contributed by atoms with van der Waals surface area (Å²) in [6.07, 6.45) is 0. The summed E-state index contributed by atoms with van der Waals surface area (Å²) in [6, 6.07) is 8.43. The van der Waals surface area contributed by atoms with Crippen LogP contribution in [0.2, 0.25) is 0 Å². The van der Waals surface area contributed by atoms with E-state index in [0.717, 1.165) is 10.4 Å². The van der Waals surface area contributed by atoms with Gasteiger partial charge in [0.25, 0.3) is 5.91 Å². The van der Waals surface area contributed by atoms with Gasteiger partial charge in [0.15, 0.2) is 18.9 Å². The number of carbonyl (C=O) groups is 3. The number of aromatic nitrogens is 4. The van der Waals surface area contributed by atoms with Gasteiger partial charge in [0, 0.05) is 16.5 Å². The van der Waals surface area contributed by atoms with Gasteiger partial charge in [0.1, 0.15) is 0 Å². The largest absolute Gasteiger partial charge is 0.454 e. The molecule has 3 rings (SSSR count). The fourth-order valence-electron chi connectivity index (χ4n) is 2.21. The van der Waals surface area contributed by atoms with Crippen molar-refractivity contribution in [1.29, 1.82) is 0 Å². The minimum atomic E-state index is -0.681. The number of hydrogen-bond acceptors (Lipinski definition) is 8. The molecule has 9 nitrogen and oxygen atoms in total. The number of esters is 1. The maximum Gasteiger partial charge on any atom is 0.330 e. The number of amides is 1. The molecule has 0 saturated carbocycles. The minimum Gasteiger partial charge on any atom is -0.454 e. The minimum absolute atomic E-state index is 0.179. The van der Waals surface area contributed by atoms with Gasteiger partial charge in [-0.05, 0) is 35.7 Å². The van der Waals surface area contributed by atoms with Gasteiger partial charge in [-0.2, -0.15) is 16.1 Å². The van der Waals surface area contributed by atoms with Gasteiger partial charge < -0.3 is 10.1 Å². The van der Waals surface area contributed by atoms with Crippen LogP contribution in [0.25, 0.3) is 11.4 Å². The number of para-hydroxylation sites is 1. The van der Waals surface area contributed by atoms with Gasteiger partial charge >= 0.3 is 5.97 Å². The molecular formula is C17H15N5O4S. The van der Waals surface area contributed by atoms with Crippen LogP contribution in [0.3, 0.4) is 0 Å². The summed E-state index contributed by atoms with van der Waals surface area (Å²) in [6.45, 7) is 0.645. The number of benzene rings is 1. The molecule has 0 atom stereocenters. The zero-order valence-corrected chi connectivity index (χ0v) is 15.1. The van der Waals surface area contributed by atoms with Gasteiger partial charge in [0.05, 0.1) is 5.69 Å². The molecule has 0 aliphatic rings. The van der Waals surface area contributed by atoms with Crippen molar-refractivity contribution in [2.24, 2.45) is 0 Å². The van der Waals surface area contributed by atoms with Crippen molar-refractivity contribution in [3.05, 3.63) is 46.7 Å². The maximum absolute atomic E-state index is 12.0. The molecule has 0 unspecified atom stereocenters. The van der Waals surface area contributed by atoms with Crippen molar-refractivity contribution in [3.63, 3.8) is 0 Å². The Morgan fingerprint density at radius 1 is 1.22 bits per heavy atom. The van der Waals surface area contributed by atoms with E-state index in [1.54, 1.807) is 24.3 Å². The van der Waals surface area contributed by atoms with Crippen molar-refractivity contribution in [2.75, 3.05) is 11.9 Å². The summed E-state index contributed by atoms with van der Waals surface area (Å²) in [5.74, 6) is -1.01. The standard InChI is InChI=1S/C17H15N5O4S/c1-11(23)13-4-2-3-5-14(13)18-15(24)9-26-16(25)8-22-20-17(19-21-22)12-6-7-27-10-12/h2-7,10H,8-9H2,1H3,(H,18,24). The third-order valence-corrected chi connectivity index (χ3v) is 4.13. The molecule has 138 valence electrons. The van der Waals surface area contributed by atoms with Crippen LogP contribution in [-0.4, -0.2) is 44.5 Å². The second-order valence-corrected chi connectivity index (χ2v) is 6.25. The second kappa shape index (κ2) is 8.32. The van der Waals surface area contributed by atoms with E-state index in [0.29, 0.717) is 17.1 Å². The van der Waals surface area contributed by atoms with Gasteiger partial charge in [-0.15, -0.1) is 10.2 Å². The lowest BCUT2D eigenvalue weighted by Gasteiger charge is -2.09. The predicted molar refractivity (Wildman–Crippen MR) is 97.2 cm³/mol. The number of anilines is 1. The van der Waals surface area contributed by atoms with Crippen LogP contribution in [0.1, 0.15) is 17.3 Å². The van der Waals surface area contributed by atoms with Gasteiger partial charge in [0.2, 0.25) is 5.82 Å². The number of ketones is 1. The first kappa shape index (κ1) is 18.4. The number of hydrogen-bond donors (Lipinski definition) is 1. The molecule has 2 aromatic heterocycles. The summed E-state index contributed by atoms with van der Waals surface area (Å²) in [5, 5.41) is 18.0. The molecule has 0 saturated heterocycles. The molecule has 0 aliphatic heterocycles. The van der Waals surface area contributed by atoms with E-state index in [1.807, 2.05) is 16.8 Å². The molecule has 0 spiro atoms. The van der Waals surface area contributed by atoms with Crippen LogP contribution in [0.5, 0.6) is 0 Å². The van der Waals surface area contributed by atoms with Crippen LogP contribution >= 0.6 is 11.3 Å². The Labute approximate surface area is 158 Å². The highest BCUT2D eigenvalue weighted by molar-refractivity contribution is 7.08. The number of rotatable bonds is 7. The van der Waals surface area contributed by atoms with Crippen molar-refractivity contribution in [3.8, 4) is 11.4 Å². The number of ether oxygens (including phenoxy) is 1. The highest BCUT2D eigenvalue weighted by Gasteiger charge is 2.14. The van der Waals surface area contributed by atoms with Crippen LogP contribution in [0, 0.1) is 0 Å². The molecule has 0 radical (unpaired) electrons. The zero-order chi connectivity index (χ0) is 19.2. The summed E-state index contributed by atoms with van der Waals surface area (Å²) < 4.78 is 4.92. The lowest BCUT2D eigenvalue weighted by molar-refractivity contribution is -0.148. The topological polar surface area (TPSA) is 116 Å². The zero-order valence-electron chi connectivity index (χ0n) is 14.3. The molecule has 3 aromatic rings. The Kier molecular flexibility index (Phi) is 5.67. The molecule has 1 aromatic carbocycles. The van der Waals surface area contributed by atoms with E-state index in [1.165, 1.54) is 18.3 Å². The summed E-state index contributed by atoms with van der Waals surface area (Å²) in [7, 11) is 0. The van der Waals surface area contributed by atoms with Crippen molar-refractivity contribution < 1.29 is 19.1 Å². The van der Waals surface area contributed by atoms with Crippen LogP contribution < -0.4 is 5.32 Å². The highest BCUT2D eigenvalue weighted by Crippen LogP contribution is 2.17. The predicted octanol–water partition coefficient (Wildman–Crippen LogP) is 1.79. The highest BCUT2D eigenvalue weighted by atomic mass is 32.1. The average molecular weight is 385 g/mol. The lowest BCUT2D eigenvalue weighted by atomic mass is 10.1. The molecule has 0 bridgehead atoms. The smallest absolute Gasteiger partial charge is 0.330 e. The van der Waals surface area contributed by atoms with Crippen LogP contribution in [0.15, 0.2) is 41.1 Å². The fraction of sp³-hybridized carbons (Fsp3) is 0.176. The van der Waals surface area contributed by atoms with E-state index in [2.05, 4.69) is 20.7 Å². The normalized spacial score (nSPS) is 10.4. The first-order valence-corrected chi connectivity index (χ1v) is 8.83. The first-order valence-electron chi connectivity index (χ1n) is 7.89. The Balaban J connectivity index is 1.51. The van der Waals surface area contributed by atoms with E-state index in [4.69, 9.17) is 4.74 Å². The Morgan fingerprint density at radius 3 is 2.78 bits per heavy atom. The second-order valence-electron chi connectivity index (χ2n) is 5.47. The van der Waals surface area contributed by atoms with Crippen molar-refractivity contribution in [1.82, 2.24) is 20.2 Å². The van der Waals surface area contributed by atoms with Gasteiger partial charge in [-0.3, -0.25) is 9.59 Å². The Hall–Kier alpha value is -3.40. The molecule has 1 amide bonds. The first-order chi connectivity index (χ1) is 13.0. The number of thiophene rings is 1. The average Bonchev–Trinajstić information content (AvgIpc) is 3.32. The molecular weight excluding hydrogens is 370 g/mol. The molecule has 0 fully saturated rings. The van der Waals surface area contributed by atoms with Crippen molar-refractivity contribution >= 4 is 34.7 Å². The van der Waals surface area contributed by atoms with E-state index in [9.17, 15) is 14.4 Å². The molecule has 0 aliphatic carbocycles. The number of nitrogens with zero attached hydrogens (tertiary/aromatic N) is 4. The van der Waals surface area contributed by atoms with Crippen LogP contribution in [0.4, 0.5) is 5.69 Å². The summed E-state index contributed by atoms with van der Waals surface area (Å²) in [5.41, 5.74) is 1.55. The van der Waals surface area contributed by atoms with E-state index >= 15 is 0 Å². The SMILES string of the molecule is CC(=O)c1ccccc1NC(=O)COC(=O)Cn1nnc(-c2ccsc2)n1. The molecule has 2 heterocycles.